The standard InChI is InChI=1S/C17H22N2O4S/c18-10-14-6-1-2-7-17(14)24(20,21)19-15-12-22-9-8-16(15)23-11-13-4-3-5-13/h1-2,6-7,13,15-16,19H,3-5,8-9,11-12H2/t15-,16+/m1/s1. The predicted molar refractivity (Wildman–Crippen MR) is 87.8 cm³/mol. The molecule has 0 unspecified atom stereocenters. The Morgan fingerprint density at radius 1 is 1.29 bits per heavy atom. The summed E-state index contributed by atoms with van der Waals surface area (Å²) in [5.74, 6) is 0.601. The van der Waals surface area contributed by atoms with Crippen LogP contribution in [0.5, 0.6) is 0 Å². The average Bonchev–Trinajstić information content (AvgIpc) is 2.54. The number of hydrogen-bond donors (Lipinski definition) is 1. The summed E-state index contributed by atoms with van der Waals surface area (Å²) in [5, 5.41) is 9.13. The van der Waals surface area contributed by atoms with Crippen LogP contribution in [0.25, 0.3) is 0 Å². The third-order valence-electron chi connectivity index (χ3n) is 4.67. The lowest BCUT2D eigenvalue weighted by molar-refractivity contribution is -0.0668. The maximum absolute atomic E-state index is 12.7. The van der Waals surface area contributed by atoms with Crippen LogP contribution in [-0.2, 0) is 19.5 Å². The Labute approximate surface area is 142 Å². The van der Waals surface area contributed by atoms with E-state index in [0.717, 1.165) is 0 Å². The fourth-order valence-electron chi connectivity index (χ4n) is 3.00. The number of ether oxygens (including phenoxy) is 2. The van der Waals surface area contributed by atoms with Gasteiger partial charge in [0.05, 0.1) is 29.2 Å². The van der Waals surface area contributed by atoms with Crippen molar-refractivity contribution in [3.8, 4) is 6.07 Å². The number of nitrogens with one attached hydrogen (secondary N) is 1. The zero-order valence-corrected chi connectivity index (χ0v) is 14.3. The molecule has 1 aliphatic heterocycles. The van der Waals surface area contributed by atoms with Gasteiger partial charge in [-0.2, -0.15) is 5.26 Å². The Morgan fingerprint density at radius 2 is 2.08 bits per heavy atom. The van der Waals surface area contributed by atoms with Crippen LogP contribution in [0, 0.1) is 17.2 Å². The molecule has 1 aromatic carbocycles. The summed E-state index contributed by atoms with van der Waals surface area (Å²) >= 11 is 0. The quantitative estimate of drug-likeness (QED) is 0.845. The lowest BCUT2D eigenvalue weighted by Gasteiger charge is -2.34. The molecule has 3 rings (SSSR count). The molecule has 1 saturated heterocycles. The highest BCUT2D eigenvalue weighted by Crippen LogP contribution is 2.28. The minimum Gasteiger partial charge on any atom is -0.380 e. The lowest BCUT2D eigenvalue weighted by Crippen LogP contribution is -2.51. The second kappa shape index (κ2) is 7.62. The minimum atomic E-state index is -3.80. The summed E-state index contributed by atoms with van der Waals surface area (Å²) in [5.41, 5.74) is 0.133. The molecule has 130 valence electrons. The number of sulfonamides is 1. The van der Waals surface area contributed by atoms with Crippen molar-refractivity contribution in [2.24, 2.45) is 5.92 Å². The highest BCUT2D eigenvalue weighted by molar-refractivity contribution is 7.89. The fourth-order valence-corrected chi connectivity index (χ4v) is 4.41. The molecule has 6 nitrogen and oxygen atoms in total. The van der Waals surface area contributed by atoms with Gasteiger partial charge in [0.15, 0.2) is 0 Å². The van der Waals surface area contributed by atoms with Crippen molar-refractivity contribution in [1.82, 2.24) is 4.72 Å². The van der Waals surface area contributed by atoms with Crippen molar-refractivity contribution in [3.05, 3.63) is 29.8 Å². The highest BCUT2D eigenvalue weighted by atomic mass is 32.2. The first-order valence-electron chi connectivity index (χ1n) is 8.31. The van der Waals surface area contributed by atoms with Gasteiger partial charge in [0.2, 0.25) is 10.0 Å². The molecule has 0 spiro atoms. The van der Waals surface area contributed by atoms with Crippen molar-refractivity contribution < 1.29 is 17.9 Å². The molecule has 1 aliphatic carbocycles. The van der Waals surface area contributed by atoms with Crippen molar-refractivity contribution in [1.29, 1.82) is 5.26 Å². The number of nitrogens with zero attached hydrogens (tertiary/aromatic N) is 1. The first kappa shape index (κ1) is 17.4. The molecule has 2 fully saturated rings. The molecule has 2 atom stereocenters. The van der Waals surface area contributed by atoms with E-state index in [0.29, 0.717) is 25.6 Å². The second-order valence-corrected chi connectivity index (χ2v) is 8.05. The third kappa shape index (κ3) is 3.95. The molecule has 0 bridgehead atoms. The van der Waals surface area contributed by atoms with Crippen molar-refractivity contribution >= 4 is 10.0 Å². The van der Waals surface area contributed by atoms with Crippen molar-refractivity contribution in [2.45, 2.75) is 42.7 Å². The molecule has 1 heterocycles. The van der Waals surface area contributed by atoms with E-state index in [9.17, 15) is 8.42 Å². The van der Waals surface area contributed by atoms with E-state index in [2.05, 4.69) is 4.72 Å². The maximum atomic E-state index is 12.7. The van der Waals surface area contributed by atoms with Crippen LogP contribution in [0.1, 0.15) is 31.2 Å². The summed E-state index contributed by atoms with van der Waals surface area (Å²) in [6.07, 6.45) is 4.11. The Bertz CT molecular complexity index is 710. The van der Waals surface area contributed by atoms with E-state index in [1.165, 1.54) is 31.4 Å². The van der Waals surface area contributed by atoms with Gasteiger partial charge in [-0.1, -0.05) is 18.6 Å². The Morgan fingerprint density at radius 3 is 2.79 bits per heavy atom. The third-order valence-corrected chi connectivity index (χ3v) is 6.22. The summed E-state index contributed by atoms with van der Waals surface area (Å²) in [6, 6.07) is 7.68. The lowest BCUT2D eigenvalue weighted by atomic mass is 9.86. The molecule has 1 N–H and O–H groups in total. The molecule has 0 aromatic heterocycles. The molecule has 1 saturated carbocycles. The molecule has 0 radical (unpaired) electrons. The zero-order chi connectivity index (χ0) is 17.0. The molecular weight excluding hydrogens is 328 g/mol. The van der Waals surface area contributed by atoms with Gasteiger partial charge in [-0.3, -0.25) is 0 Å². The maximum Gasteiger partial charge on any atom is 0.242 e. The predicted octanol–water partition coefficient (Wildman–Crippen LogP) is 1.81. The summed E-state index contributed by atoms with van der Waals surface area (Å²) < 4.78 is 39.4. The Hall–Kier alpha value is -1.46. The summed E-state index contributed by atoms with van der Waals surface area (Å²) in [6.45, 7) is 1.53. The molecule has 24 heavy (non-hydrogen) atoms. The van der Waals surface area contributed by atoms with Gasteiger partial charge >= 0.3 is 0 Å². The van der Waals surface area contributed by atoms with E-state index >= 15 is 0 Å². The van der Waals surface area contributed by atoms with Crippen LogP contribution in [0.3, 0.4) is 0 Å². The number of hydrogen-bond acceptors (Lipinski definition) is 5. The van der Waals surface area contributed by atoms with Crippen LogP contribution >= 0.6 is 0 Å². The van der Waals surface area contributed by atoms with E-state index in [1.807, 2.05) is 6.07 Å². The smallest absolute Gasteiger partial charge is 0.242 e. The number of nitriles is 1. The van der Waals surface area contributed by atoms with E-state index in [-0.39, 0.29) is 23.2 Å². The van der Waals surface area contributed by atoms with E-state index < -0.39 is 16.1 Å². The molecule has 2 aliphatic rings. The van der Waals surface area contributed by atoms with Gasteiger partial charge in [0, 0.05) is 13.2 Å². The number of rotatable bonds is 6. The Kier molecular flexibility index (Phi) is 5.51. The van der Waals surface area contributed by atoms with Crippen LogP contribution < -0.4 is 4.72 Å². The van der Waals surface area contributed by atoms with Crippen LogP contribution in [0.4, 0.5) is 0 Å². The number of benzene rings is 1. The monoisotopic (exact) mass is 350 g/mol. The highest BCUT2D eigenvalue weighted by Gasteiger charge is 2.32. The topological polar surface area (TPSA) is 88.4 Å². The minimum absolute atomic E-state index is 0.00387. The molecular formula is C17H22N2O4S. The van der Waals surface area contributed by atoms with Crippen molar-refractivity contribution in [2.75, 3.05) is 19.8 Å². The molecule has 1 aromatic rings. The van der Waals surface area contributed by atoms with E-state index in [4.69, 9.17) is 14.7 Å². The fraction of sp³-hybridized carbons (Fsp3) is 0.588. The normalized spacial score (nSPS) is 25.0. The second-order valence-electron chi connectivity index (χ2n) is 6.37. The van der Waals surface area contributed by atoms with E-state index in [1.54, 1.807) is 12.1 Å². The van der Waals surface area contributed by atoms with Gasteiger partial charge in [0.1, 0.15) is 6.07 Å². The average molecular weight is 350 g/mol. The van der Waals surface area contributed by atoms with Crippen molar-refractivity contribution in [3.63, 3.8) is 0 Å². The summed E-state index contributed by atoms with van der Waals surface area (Å²) in [4.78, 5) is -0.00387. The van der Waals surface area contributed by atoms with Crippen LogP contribution in [0.2, 0.25) is 0 Å². The molecule has 7 heteroatoms. The summed E-state index contributed by atoms with van der Waals surface area (Å²) in [7, 11) is -3.80. The van der Waals surface area contributed by atoms with Gasteiger partial charge in [-0.05, 0) is 37.3 Å². The van der Waals surface area contributed by atoms with Crippen LogP contribution in [-0.4, -0.2) is 40.4 Å². The van der Waals surface area contributed by atoms with Gasteiger partial charge in [0.25, 0.3) is 0 Å². The van der Waals surface area contributed by atoms with Crippen LogP contribution in [0.15, 0.2) is 29.2 Å². The van der Waals surface area contributed by atoms with Gasteiger partial charge < -0.3 is 9.47 Å². The Balaban J connectivity index is 1.70. The van der Waals surface area contributed by atoms with Gasteiger partial charge in [-0.15, -0.1) is 0 Å². The SMILES string of the molecule is N#Cc1ccccc1S(=O)(=O)N[C@@H]1COCC[C@@H]1OCC1CCC1. The first-order valence-corrected chi connectivity index (χ1v) is 9.79. The van der Waals surface area contributed by atoms with Gasteiger partial charge in [-0.25, -0.2) is 13.1 Å². The largest absolute Gasteiger partial charge is 0.380 e. The first-order chi connectivity index (χ1) is 11.6. The zero-order valence-electron chi connectivity index (χ0n) is 13.5. The molecule has 0 amide bonds.